The fraction of sp³-hybridized carbons (Fsp3) is 1.00. The zero-order valence-electron chi connectivity index (χ0n) is 7.53. The van der Waals surface area contributed by atoms with Gasteiger partial charge in [0.05, 0.1) is 0 Å². The molecule has 4 N–H and O–H groups in total. The fourth-order valence-corrected chi connectivity index (χ4v) is 0.772. The largest absolute Gasteiger partial charge is 0.671 e. The molecule has 5 nitrogen and oxygen atoms in total. The van der Waals surface area contributed by atoms with E-state index in [1.165, 1.54) is 0 Å². The van der Waals surface area contributed by atoms with Gasteiger partial charge in [-0.1, -0.05) is 13.3 Å². The van der Waals surface area contributed by atoms with Crippen LogP contribution < -0.4 is 0 Å². The average molecular weight is 198 g/mol. The number of aliphatic hydroxyl groups is 1. The summed E-state index contributed by atoms with van der Waals surface area (Å²) >= 11 is 0. The normalized spacial score (nSPS) is 10.5. The molecule has 0 radical (unpaired) electrons. The third kappa shape index (κ3) is 22.5. The van der Waals surface area contributed by atoms with Crippen molar-refractivity contribution in [2.45, 2.75) is 26.7 Å². The van der Waals surface area contributed by atoms with E-state index in [0.29, 0.717) is 0 Å². The molecule has 0 saturated heterocycles. The smallest absolute Gasteiger partial charge is 0.397 e. The Morgan fingerprint density at radius 2 is 1.58 bits per heavy atom. The van der Waals surface area contributed by atoms with Crippen molar-refractivity contribution in [3.8, 4) is 0 Å². The number of hydrogen-bond acceptors (Lipinski definition) is 5. The Bertz CT molecular complexity index is 82.5. The SMILES string of the molecule is CCCCO[Si](O)(O)O.CCO. The second-order valence-corrected chi connectivity index (χ2v) is 3.53. The molecule has 0 aliphatic rings. The lowest BCUT2D eigenvalue weighted by Crippen LogP contribution is -2.39. The lowest BCUT2D eigenvalue weighted by Gasteiger charge is -2.07. The number of aliphatic hydroxyl groups excluding tert-OH is 1. The van der Waals surface area contributed by atoms with Gasteiger partial charge in [-0.05, 0) is 13.3 Å². The van der Waals surface area contributed by atoms with E-state index in [2.05, 4.69) is 4.43 Å². The highest BCUT2D eigenvalue weighted by Gasteiger charge is 2.29. The summed E-state index contributed by atoms with van der Waals surface area (Å²) < 4.78 is 4.28. The van der Waals surface area contributed by atoms with Crippen LogP contribution in [0.2, 0.25) is 0 Å². The van der Waals surface area contributed by atoms with Gasteiger partial charge in [-0.15, -0.1) is 0 Å². The highest BCUT2D eigenvalue weighted by atomic mass is 28.4. The molecule has 0 amide bonds. The first kappa shape index (κ1) is 14.5. The van der Waals surface area contributed by atoms with E-state index >= 15 is 0 Å². The molecule has 0 aromatic heterocycles. The first-order valence-corrected chi connectivity index (χ1v) is 5.64. The Kier molecular flexibility index (Phi) is 11.0. The van der Waals surface area contributed by atoms with E-state index in [4.69, 9.17) is 19.5 Å². The summed E-state index contributed by atoms with van der Waals surface area (Å²) in [6.07, 6.45) is 1.64. The van der Waals surface area contributed by atoms with Crippen molar-refractivity contribution in [2.24, 2.45) is 0 Å². The second-order valence-electron chi connectivity index (χ2n) is 2.09. The minimum Gasteiger partial charge on any atom is -0.397 e. The predicted molar refractivity (Wildman–Crippen MR) is 46.0 cm³/mol. The van der Waals surface area contributed by atoms with Crippen LogP contribution in [0.5, 0.6) is 0 Å². The van der Waals surface area contributed by atoms with E-state index in [1.807, 2.05) is 6.92 Å². The minimum atomic E-state index is -4.19. The summed E-state index contributed by atoms with van der Waals surface area (Å²) in [6.45, 7) is 4.09. The van der Waals surface area contributed by atoms with Crippen LogP contribution in [0, 0.1) is 0 Å². The quantitative estimate of drug-likeness (QED) is 0.351. The molecule has 0 rings (SSSR count). The van der Waals surface area contributed by atoms with Crippen molar-refractivity contribution < 1.29 is 23.9 Å². The highest BCUT2D eigenvalue weighted by Crippen LogP contribution is 1.93. The molecule has 6 heteroatoms. The van der Waals surface area contributed by atoms with E-state index < -0.39 is 9.05 Å². The Morgan fingerprint density at radius 1 is 1.17 bits per heavy atom. The number of rotatable bonds is 4. The Morgan fingerprint density at radius 3 is 1.83 bits per heavy atom. The summed E-state index contributed by atoms with van der Waals surface area (Å²) in [4.78, 5) is 24.8. The first-order chi connectivity index (χ1) is 5.47. The van der Waals surface area contributed by atoms with Gasteiger partial charge in [0.15, 0.2) is 0 Å². The molecule has 0 unspecified atom stereocenters. The maximum Gasteiger partial charge on any atom is 0.671 e. The molecular formula is C6H18O5Si. The van der Waals surface area contributed by atoms with E-state index in [9.17, 15) is 0 Å². The standard InChI is InChI=1S/C4H12O4Si.C2H6O/c1-2-3-4-8-9(5,6)7;1-2-3/h5-7H,2-4H2,1H3;3H,2H2,1H3. The third-order valence-corrected chi connectivity index (χ3v) is 1.39. The van der Waals surface area contributed by atoms with Crippen LogP contribution in [0.1, 0.15) is 26.7 Å². The lowest BCUT2D eigenvalue weighted by atomic mass is 10.4. The Balaban J connectivity index is 0. The maximum absolute atomic E-state index is 8.27. The Labute approximate surface area is 73.7 Å². The van der Waals surface area contributed by atoms with Gasteiger partial charge in [0.2, 0.25) is 0 Å². The van der Waals surface area contributed by atoms with Crippen LogP contribution >= 0.6 is 0 Å². The molecule has 76 valence electrons. The fourth-order valence-electron chi connectivity index (χ4n) is 0.353. The van der Waals surface area contributed by atoms with Gasteiger partial charge < -0.3 is 23.9 Å². The topological polar surface area (TPSA) is 90.2 Å². The van der Waals surface area contributed by atoms with Crippen molar-refractivity contribution in [3.05, 3.63) is 0 Å². The van der Waals surface area contributed by atoms with Crippen molar-refractivity contribution in [2.75, 3.05) is 13.2 Å². The van der Waals surface area contributed by atoms with Crippen LogP contribution in [-0.2, 0) is 4.43 Å². The average Bonchev–Trinajstić information content (AvgIpc) is 1.87. The molecule has 0 heterocycles. The van der Waals surface area contributed by atoms with Crippen LogP contribution in [0.15, 0.2) is 0 Å². The van der Waals surface area contributed by atoms with E-state index in [-0.39, 0.29) is 13.2 Å². The molecule has 0 aromatic rings. The molecule has 0 spiro atoms. The molecule has 0 bridgehead atoms. The van der Waals surface area contributed by atoms with Crippen molar-refractivity contribution >= 4 is 9.05 Å². The zero-order chi connectivity index (χ0) is 10.0. The van der Waals surface area contributed by atoms with Crippen molar-refractivity contribution in [3.63, 3.8) is 0 Å². The summed E-state index contributed by atoms with van der Waals surface area (Å²) in [6, 6.07) is 0. The van der Waals surface area contributed by atoms with Crippen molar-refractivity contribution in [1.82, 2.24) is 0 Å². The van der Waals surface area contributed by atoms with Crippen LogP contribution in [0.4, 0.5) is 0 Å². The van der Waals surface area contributed by atoms with Crippen LogP contribution in [0.3, 0.4) is 0 Å². The molecule has 0 aromatic carbocycles. The number of unbranched alkanes of at least 4 members (excludes halogenated alkanes) is 1. The van der Waals surface area contributed by atoms with Gasteiger partial charge in [0, 0.05) is 13.2 Å². The minimum absolute atomic E-state index is 0.215. The molecular weight excluding hydrogens is 180 g/mol. The Hall–Kier alpha value is 0.0169. The molecule has 0 aliphatic carbocycles. The summed E-state index contributed by atoms with van der Waals surface area (Å²) in [5.74, 6) is 0. The molecule has 0 fully saturated rings. The van der Waals surface area contributed by atoms with E-state index in [1.54, 1.807) is 6.92 Å². The highest BCUT2D eigenvalue weighted by molar-refractivity contribution is 6.48. The monoisotopic (exact) mass is 198 g/mol. The summed E-state index contributed by atoms with van der Waals surface area (Å²) in [5.41, 5.74) is 0. The second kappa shape index (κ2) is 9.11. The van der Waals surface area contributed by atoms with E-state index in [0.717, 1.165) is 12.8 Å². The molecule has 12 heavy (non-hydrogen) atoms. The van der Waals surface area contributed by atoms with Crippen LogP contribution in [-0.4, -0.2) is 41.8 Å². The zero-order valence-corrected chi connectivity index (χ0v) is 8.53. The summed E-state index contributed by atoms with van der Waals surface area (Å²) in [7, 11) is -4.19. The van der Waals surface area contributed by atoms with Gasteiger partial charge in [-0.3, -0.25) is 0 Å². The molecule has 0 saturated carbocycles. The number of hydrogen-bond donors (Lipinski definition) is 4. The lowest BCUT2D eigenvalue weighted by molar-refractivity contribution is 0.0623. The third-order valence-electron chi connectivity index (χ3n) is 0.794. The molecule has 0 atom stereocenters. The van der Waals surface area contributed by atoms with Gasteiger partial charge in [0.25, 0.3) is 0 Å². The maximum atomic E-state index is 8.27. The first-order valence-electron chi connectivity index (χ1n) is 3.89. The predicted octanol–water partition coefficient (Wildman–Crippen LogP) is -0.786. The van der Waals surface area contributed by atoms with Crippen LogP contribution in [0.25, 0.3) is 0 Å². The van der Waals surface area contributed by atoms with Crippen molar-refractivity contribution in [1.29, 1.82) is 0 Å². The van der Waals surface area contributed by atoms with Gasteiger partial charge in [-0.25, -0.2) is 0 Å². The van der Waals surface area contributed by atoms with Gasteiger partial charge in [0.1, 0.15) is 0 Å². The van der Waals surface area contributed by atoms with Gasteiger partial charge in [-0.2, -0.15) is 0 Å². The summed E-state index contributed by atoms with van der Waals surface area (Å²) in [5, 5.41) is 7.57. The molecule has 0 aliphatic heterocycles. The van der Waals surface area contributed by atoms with Gasteiger partial charge >= 0.3 is 9.05 Å².